The molecule has 9 amide bonds. The van der Waals surface area contributed by atoms with E-state index in [4.69, 9.17) is 28.4 Å². The molecular formula is C68H110N10O15. The first kappa shape index (κ1) is 78.5. The first-order chi connectivity index (χ1) is 43.7. The molecule has 2 heterocycles. The van der Waals surface area contributed by atoms with Gasteiger partial charge in [0, 0.05) is 59.4 Å². The Balaban J connectivity index is 1.33. The van der Waals surface area contributed by atoms with Gasteiger partial charge in [-0.15, -0.1) is 0 Å². The maximum absolute atomic E-state index is 14.7. The average molecular weight is 1310 g/mol. The largest absolute Gasteiger partial charge is 0.444 e. The molecule has 25 heteroatoms. The number of amides is 9. The highest BCUT2D eigenvalue weighted by atomic mass is 16.6. The Labute approximate surface area is 551 Å². The Kier molecular flexibility index (Phi) is 31.4. The van der Waals surface area contributed by atoms with Gasteiger partial charge in [0.05, 0.1) is 80.5 Å². The maximum Gasteiger partial charge on any atom is 0.412 e. The van der Waals surface area contributed by atoms with Crippen LogP contribution in [0.4, 0.5) is 21.0 Å². The Bertz CT molecular complexity index is 2760. The SMILES string of the molecule is CCC(C)C(C(CC(=O)N1CCCC1C(OC)C(C)C(=O)N[C@@H](Cc1ccccc1)C(=O)N1CCC[C@@H]1C(=O)NCCOCCOCCNC(=O)c1ccc(NC(=O)OC(C)(C)C)c(NC(=O)OC(C)(C)C)c1)OC)N(C)C(=O)[C@@H](NC(=O)C(C(C)C)N(C)C)C(C)C. The van der Waals surface area contributed by atoms with Crippen molar-refractivity contribution in [1.82, 2.24) is 40.9 Å². The highest BCUT2D eigenvalue weighted by Gasteiger charge is 2.45. The van der Waals surface area contributed by atoms with Crippen molar-refractivity contribution in [2.24, 2.45) is 23.7 Å². The molecule has 93 heavy (non-hydrogen) atoms. The van der Waals surface area contributed by atoms with Gasteiger partial charge in [0.1, 0.15) is 29.3 Å². The lowest BCUT2D eigenvalue weighted by Crippen LogP contribution is -2.59. The van der Waals surface area contributed by atoms with Crippen LogP contribution in [0.3, 0.4) is 0 Å². The van der Waals surface area contributed by atoms with Crippen LogP contribution in [0.1, 0.15) is 144 Å². The summed E-state index contributed by atoms with van der Waals surface area (Å²) in [6.07, 6.45) is -0.0242. The van der Waals surface area contributed by atoms with Crippen LogP contribution in [-0.4, -0.2) is 221 Å². The van der Waals surface area contributed by atoms with Crippen molar-refractivity contribution < 1.29 is 71.6 Å². The van der Waals surface area contributed by atoms with E-state index in [1.54, 1.807) is 65.3 Å². The summed E-state index contributed by atoms with van der Waals surface area (Å²) in [6, 6.07) is 9.54. The average Bonchev–Trinajstić information content (AvgIpc) is 1.84. The minimum Gasteiger partial charge on any atom is -0.444 e. The highest BCUT2D eigenvalue weighted by molar-refractivity contribution is 6.01. The maximum atomic E-state index is 14.7. The lowest BCUT2D eigenvalue weighted by molar-refractivity contribution is -0.148. The summed E-state index contributed by atoms with van der Waals surface area (Å²) in [5.74, 6) is -3.56. The fraction of sp³-hybridized carbons (Fsp3) is 0.691. The van der Waals surface area contributed by atoms with E-state index in [0.717, 1.165) is 5.56 Å². The van der Waals surface area contributed by atoms with Gasteiger partial charge in [0.15, 0.2) is 0 Å². The zero-order chi connectivity index (χ0) is 69.5. The van der Waals surface area contributed by atoms with Gasteiger partial charge in [0.25, 0.3) is 5.91 Å². The lowest BCUT2D eigenvalue weighted by atomic mass is 9.89. The van der Waals surface area contributed by atoms with E-state index >= 15 is 0 Å². The summed E-state index contributed by atoms with van der Waals surface area (Å²) < 4.78 is 34.3. The number of benzene rings is 2. The fourth-order valence-electron chi connectivity index (χ4n) is 12.0. The minimum absolute atomic E-state index is 0.000422. The predicted octanol–water partition coefficient (Wildman–Crippen LogP) is 6.63. The molecule has 6 N–H and O–H groups in total. The summed E-state index contributed by atoms with van der Waals surface area (Å²) in [5, 5.41) is 16.9. The molecule has 2 aromatic carbocycles. The number of carbonyl (C=O) groups is 9. The number of nitrogens with one attached hydrogen (secondary N) is 6. The van der Waals surface area contributed by atoms with Crippen LogP contribution in [0.25, 0.3) is 0 Å². The van der Waals surface area contributed by atoms with Crippen LogP contribution in [0.15, 0.2) is 48.5 Å². The molecule has 4 rings (SSSR count). The second kappa shape index (κ2) is 37.2. The first-order valence-electron chi connectivity index (χ1n) is 32.8. The third-order valence-electron chi connectivity index (χ3n) is 16.7. The molecule has 25 nitrogen and oxygen atoms in total. The predicted molar refractivity (Wildman–Crippen MR) is 355 cm³/mol. The van der Waals surface area contributed by atoms with Gasteiger partial charge in [-0.1, -0.05) is 85.2 Å². The summed E-state index contributed by atoms with van der Waals surface area (Å²) >= 11 is 0. The smallest absolute Gasteiger partial charge is 0.412 e. The minimum atomic E-state index is -1.04. The molecule has 0 aromatic heterocycles. The lowest BCUT2D eigenvalue weighted by Gasteiger charge is -2.41. The van der Waals surface area contributed by atoms with Crippen LogP contribution in [0.2, 0.25) is 0 Å². The number of hydrogen-bond acceptors (Lipinski definition) is 16. The van der Waals surface area contributed by atoms with Gasteiger partial charge < -0.3 is 64.4 Å². The normalized spacial score (nSPS) is 17.7. The number of nitrogens with zero attached hydrogens (tertiary/aromatic N) is 4. The van der Waals surface area contributed by atoms with E-state index in [9.17, 15) is 43.2 Å². The number of rotatable bonds is 34. The fourth-order valence-corrected chi connectivity index (χ4v) is 12.0. The van der Waals surface area contributed by atoms with E-state index in [1.165, 1.54) is 37.3 Å². The van der Waals surface area contributed by atoms with E-state index in [2.05, 4.69) is 31.9 Å². The van der Waals surface area contributed by atoms with Gasteiger partial charge in [-0.3, -0.25) is 49.1 Å². The summed E-state index contributed by atoms with van der Waals surface area (Å²) in [5.41, 5.74) is -0.281. The van der Waals surface area contributed by atoms with Crippen molar-refractivity contribution in [3.05, 3.63) is 59.7 Å². The molecule has 0 bridgehead atoms. The number of carbonyl (C=O) groups excluding carboxylic acids is 9. The molecule has 2 aliphatic rings. The molecule has 0 spiro atoms. The van der Waals surface area contributed by atoms with Gasteiger partial charge >= 0.3 is 12.2 Å². The van der Waals surface area contributed by atoms with Crippen molar-refractivity contribution in [1.29, 1.82) is 0 Å². The Morgan fingerprint density at radius 2 is 1.25 bits per heavy atom. The topological polar surface area (TPSA) is 294 Å². The Morgan fingerprint density at radius 3 is 1.80 bits per heavy atom. The van der Waals surface area contributed by atoms with E-state index in [-0.39, 0.29) is 111 Å². The van der Waals surface area contributed by atoms with Crippen LogP contribution in [0, 0.1) is 23.7 Å². The van der Waals surface area contributed by atoms with Gasteiger partial charge in [-0.25, -0.2) is 9.59 Å². The zero-order valence-corrected chi connectivity index (χ0v) is 58.6. The molecule has 0 aliphatic carbocycles. The quantitative estimate of drug-likeness (QED) is 0.0401. The van der Waals surface area contributed by atoms with Gasteiger partial charge in [-0.05, 0) is 123 Å². The summed E-state index contributed by atoms with van der Waals surface area (Å²) in [4.78, 5) is 131. The van der Waals surface area contributed by atoms with Crippen molar-refractivity contribution in [2.75, 3.05) is 98.6 Å². The van der Waals surface area contributed by atoms with Crippen LogP contribution in [0.5, 0.6) is 0 Å². The number of likely N-dealkylation sites (N-methyl/N-ethyl adjacent to an activating group) is 2. The summed E-state index contributed by atoms with van der Waals surface area (Å²) in [6.45, 7) is 25.4. The van der Waals surface area contributed by atoms with Crippen molar-refractivity contribution in [2.45, 2.75) is 195 Å². The second-order valence-corrected chi connectivity index (χ2v) is 27.2. The van der Waals surface area contributed by atoms with Crippen LogP contribution < -0.4 is 31.9 Å². The molecule has 7 unspecified atom stereocenters. The van der Waals surface area contributed by atoms with Crippen molar-refractivity contribution in [3.8, 4) is 0 Å². The Morgan fingerprint density at radius 1 is 0.667 bits per heavy atom. The van der Waals surface area contributed by atoms with Gasteiger partial charge in [0.2, 0.25) is 35.4 Å². The monoisotopic (exact) mass is 1310 g/mol. The van der Waals surface area contributed by atoms with E-state index < -0.39 is 95.5 Å². The number of hydrogen-bond donors (Lipinski definition) is 6. The standard InChI is InChI=1S/C68H110N10O15/c1-19-44(6)57(76(16)64(85)55(42(2)3)74-62(83)56(43(4)5)75(14)15)53(88-17)41-54(79)77-33-23-27-51(77)58(89-18)45(7)59(80)71-50(39-46-25-21-20-22-26-46)63(84)78-34-24-28-52(78)61(82)70-32-36-91-38-37-90-35-31-69-60(81)47-29-30-48(72-65(86)92-67(8,9)10)49(40-47)73-66(87)93-68(11,12)13/h20-22,25-26,29-30,40,42-45,50-53,55-58H,19,23-24,27-28,31-39,41H2,1-18H3,(H,69,81)(H,70,82)(H,71,80)(H,72,86)(H,73,87)(H,74,83)/t44?,45?,50-,51?,52+,53?,55-,56?,57?,58?/m0/s1. The molecule has 0 saturated carbocycles. The van der Waals surface area contributed by atoms with Crippen molar-refractivity contribution >= 4 is 64.9 Å². The molecular weight excluding hydrogens is 1200 g/mol. The molecule has 2 aromatic rings. The van der Waals surface area contributed by atoms with E-state index in [1.807, 2.05) is 90.9 Å². The third kappa shape index (κ3) is 24.4. The molecule has 0 radical (unpaired) electrons. The van der Waals surface area contributed by atoms with Crippen LogP contribution in [-0.2, 0) is 63.6 Å². The molecule has 2 saturated heterocycles. The first-order valence-corrected chi connectivity index (χ1v) is 32.8. The van der Waals surface area contributed by atoms with Crippen LogP contribution >= 0.6 is 0 Å². The third-order valence-corrected chi connectivity index (χ3v) is 16.7. The number of anilines is 2. The molecule has 522 valence electrons. The molecule has 2 aliphatic heterocycles. The van der Waals surface area contributed by atoms with Gasteiger partial charge in [-0.2, -0.15) is 0 Å². The Hall–Kier alpha value is -6.93. The second-order valence-electron chi connectivity index (χ2n) is 27.2. The number of likely N-dealkylation sites (tertiary alicyclic amines) is 2. The highest BCUT2D eigenvalue weighted by Crippen LogP contribution is 2.31. The van der Waals surface area contributed by atoms with Crippen molar-refractivity contribution in [3.63, 3.8) is 0 Å². The van der Waals surface area contributed by atoms with E-state index in [0.29, 0.717) is 45.2 Å². The number of ether oxygens (including phenoxy) is 6. The zero-order valence-electron chi connectivity index (χ0n) is 58.6. The molecule has 2 fully saturated rings. The molecule has 10 atom stereocenters. The summed E-state index contributed by atoms with van der Waals surface area (Å²) in [7, 11) is 8.43. The number of methoxy groups -OCH3 is 2.